The Bertz CT molecular complexity index is 1220. The first-order valence-electron chi connectivity index (χ1n) is 13.3. The van der Waals surface area contributed by atoms with E-state index in [1.807, 2.05) is 54.6 Å². The van der Waals surface area contributed by atoms with Crippen LogP contribution in [0.15, 0.2) is 78.9 Å². The van der Waals surface area contributed by atoms with Crippen LogP contribution in [0.2, 0.25) is 0 Å². The third-order valence-electron chi connectivity index (χ3n) is 8.30. The Labute approximate surface area is 223 Å². The third-order valence-corrected chi connectivity index (χ3v) is 8.30. The van der Waals surface area contributed by atoms with Crippen LogP contribution in [0.4, 0.5) is 0 Å². The van der Waals surface area contributed by atoms with Crippen molar-refractivity contribution in [1.82, 2.24) is 0 Å². The van der Waals surface area contributed by atoms with E-state index in [0.717, 1.165) is 25.7 Å². The Morgan fingerprint density at radius 1 is 0.711 bits per heavy atom. The Kier molecular flexibility index (Phi) is 7.68. The van der Waals surface area contributed by atoms with Crippen LogP contribution in [0.5, 0.6) is 11.5 Å². The molecule has 6 nitrogen and oxygen atoms in total. The molecule has 2 saturated carbocycles. The first-order chi connectivity index (χ1) is 18.5. The summed E-state index contributed by atoms with van der Waals surface area (Å²) in [6, 6.07) is 24.9. The minimum absolute atomic E-state index is 0.124. The topological polar surface area (TPSA) is 82.1 Å². The summed E-state index contributed by atoms with van der Waals surface area (Å²) in [5, 5.41) is 10.4. The number of para-hydroxylation sites is 2. The molecule has 198 valence electrons. The van der Waals surface area contributed by atoms with Crippen molar-refractivity contribution < 1.29 is 28.9 Å². The highest BCUT2D eigenvalue weighted by atomic mass is 16.5. The van der Waals surface area contributed by atoms with E-state index in [1.165, 1.54) is 5.56 Å². The number of carboxylic acid groups (broad SMARTS) is 1. The van der Waals surface area contributed by atoms with Gasteiger partial charge in [0.05, 0.1) is 26.1 Å². The molecule has 3 aromatic rings. The lowest BCUT2D eigenvalue weighted by Gasteiger charge is -2.50. The van der Waals surface area contributed by atoms with Crippen LogP contribution in [-0.4, -0.2) is 37.4 Å². The molecule has 0 amide bonds. The molecule has 2 aliphatic rings. The number of methoxy groups -OCH3 is 2. The van der Waals surface area contributed by atoms with Gasteiger partial charge in [0.1, 0.15) is 17.6 Å². The molecule has 0 spiro atoms. The minimum Gasteiger partial charge on any atom is -0.496 e. The summed E-state index contributed by atoms with van der Waals surface area (Å²) in [5.74, 6) is -2.77. The van der Waals surface area contributed by atoms with Crippen molar-refractivity contribution >= 4 is 11.9 Å². The van der Waals surface area contributed by atoms with Gasteiger partial charge in [-0.15, -0.1) is 0 Å². The van der Waals surface area contributed by atoms with Crippen LogP contribution in [0, 0.1) is 11.8 Å². The standard InChI is InChI=1S/C32H34O6/c1-36-24-17-9-7-15-22(24)27-29(31(33)34)28(23-16-8-10-18-25(23)37-2)30(27)32(35)38-26-19-11-6-14-21(26)20-12-4-3-5-13-20/h3-5,7-10,12-13,15-18,21,26-30H,6,11,14,19H2,1-2H3,(H,33,34)/t21-,26+,27-,28-,29?,30?/m0/s1. The van der Waals surface area contributed by atoms with Gasteiger partial charge in [-0.05, 0) is 48.1 Å². The van der Waals surface area contributed by atoms with Crippen molar-refractivity contribution in [2.75, 3.05) is 14.2 Å². The van der Waals surface area contributed by atoms with Crippen LogP contribution in [0.3, 0.4) is 0 Å². The van der Waals surface area contributed by atoms with Crippen molar-refractivity contribution in [3.05, 3.63) is 95.6 Å². The largest absolute Gasteiger partial charge is 0.496 e. The third kappa shape index (κ3) is 4.75. The summed E-state index contributed by atoms with van der Waals surface area (Å²) in [6.45, 7) is 0. The zero-order valence-corrected chi connectivity index (χ0v) is 21.8. The molecular formula is C32H34O6. The van der Waals surface area contributed by atoms with Crippen LogP contribution >= 0.6 is 0 Å². The molecule has 0 aliphatic heterocycles. The van der Waals surface area contributed by atoms with Crippen molar-refractivity contribution in [2.45, 2.75) is 49.5 Å². The van der Waals surface area contributed by atoms with Crippen LogP contribution in [-0.2, 0) is 14.3 Å². The second kappa shape index (κ2) is 11.3. The molecular weight excluding hydrogens is 480 g/mol. The van der Waals surface area contributed by atoms with Gasteiger partial charge in [-0.1, -0.05) is 73.2 Å². The number of hydrogen-bond donors (Lipinski definition) is 1. The molecule has 0 radical (unpaired) electrons. The monoisotopic (exact) mass is 514 g/mol. The van der Waals surface area contributed by atoms with Gasteiger partial charge in [-0.25, -0.2) is 0 Å². The van der Waals surface area contributed by atoms with E-state index >= 15 is 0 Å². The fourth-order valence-corrected chi connectivity index (χ4v) is 6.55. The van der Waals surface area contributed by atoms with Crippen molar-refractivity contribution in [2.24, 2.45) is 11.8 Å². The first kappa shape index (κ1) is 25.8. The Morgan fingerprint density at radius 2 is 1.24 bits per heavy atom. The fraction of sp³-hybridized carbons (Fsp3) is 0.375. The summed E-state index contributed by atoms with van der Waals surface area (Å²) >= 11 is 0. The molecule has 1 N–H and O–H groups in total. The highest BCUT2D eigenvalue weighted by Gasteiger charge is 2.60. The predicted molar refractivity (Wildman–Crippen MR) is 144 cm³/mol. The van der Waals surface area contributed by atoms with E-state index in [0.29, 0.717) is 22.6 Å². The molecule has 0 bridgehead atoms. The molecule has 2 aliphatic carbocycles. The van der Waals surface area contributed by atoms with E-state index < -0.39 is 29.6 Å². The maximum absolute atomic E-state index is 14.1. The van der Waals surface area contributed by atoms with Crippen LogP contribution < -0.4 is 9.47 Å². The summed E-state index contributed by atoms with van der Waals surface area (Å²) < 4.78 is 17.5. The number of rotatable bonds is 8. The van der Waals surface area contributed by atoms with Crippen molar-refractivity contribution in [1.29, 1.82) is 0 Å². The molecule has 2 fully saturated rings. The van der Waals surface area contributed by atoms with E-state index in [9.17, 15) is 14.7 Å². The van der Waals surface area contributed by atoms with Crippen molar-refractivity contribution in [3.8, 4) is 11.5 Å². The average Bonchev–Trinajstić information content (AvgIpc) is 2.93. The smallest absolute Gasteiger partial charge is 0.310 e. The van der Waals surface area contributed by atoms with Gasteiger partial charge < -0.3 is 19.3 Å². The van der Waals surface area contributed by atoms with Crippen LogP contribution in [0.1, 0.15) is 60.1 Å². The second-order valence-electron chi connectivity index (χ2n) is 10.2. The lowest BCUT2D eigenvalue weighted by Crippen LogP contribution is -2.52. The molecule has 0 heterocycles. The zero-order valence-electron chi connectivity index (χ0n) is 21.8. The van der Waals surface area contributed by atoms with Crippen molar-refractivity contribution in [3.63, 3.8) is 0 Å². The Hall–Kier alpha value is -3.80. The summed E-state index contributed by atoms with van der Waals surface area (Å²) in [6.07, 6.45) is 3.58. The quantitative estimate of drug-likeness (QED) is 0.362. The molecule has 38 heavy (non-hydrogen) atoms. The number of aliphatic carboxylic acids is 1. The molecule has 5 rings (SSSR count). The summed E-state index contributed by atoms with van der Waals surface area (Å²) in [4.78, 5) is 26.8. The number of carbonyl (C=O) groups excluding carboxylic acids is 1. The van der Waals surface area contributed by atoms with E-state index in [1.54, 1.807) is 26.4 Å². The van der Waals surface area contributed by atoms with E-state index in [-0.39, 0.29) is 18.0 Å². The van der Waals surface area contributed by atoms with Gasteiger partial charge in [0, 0.05) is 17.8 Å². The van der Waals surface area contributed by atoms with Gasteiger partial charge in [0.25, 0.3) is 0 Å². The Morgan fingerprint density at radius 3 is 1.79 bits per heavy atom. The minimum atomic E-state index is -0.958. The lowest BCUT2D eigenvalue weighted by molar-refractivity contribution is -0.170. The molecule has 3 aromatic carbocycles. The first-order valence-corrected chi connectivity index (χ1v) is 13.3. The molecule has 0 saturated heterocycles. The number of benzene rings is 3. The number of ether oxygens (including phenoxy) is 3. The summed E-state index contributed by atoms with van der Waals surface area (Å²) in [7, 11) is 3.12. The SMILES string of the molecule is COc1ccccc1[C@H]1C(C(=O)O)[C@H](c2ccccc2OC)C1C(=O)O[C@@H]1CCCC[C@H]1c1ccccc1. The molecule has 4 atom stereocenters. The lowest BCUT2D eigenvalue weighted by atomic mass is 9.52. The van der Waals surface area contributed by atoms with Gasteiger partial charge in [-0.3, -0.25) is 9.59 Å². The average molecular weight is 515 g/mol. The number of esters is 1. The maximum atomic E-state index is 14.1. The van der Waals surface area contributed by atoms with E-state index in [4.69, 9.17) is 14.2 Å². The highest BCUT2D eigenvalue weighted by Crippen LogP contribution is 2.61. The fourth-order valence-electron chi connectivity index (χ4n) is 6.55. The molecule has 6 heteroatoms. The van der Waals surface area contributed by atoms with Crippen LogP contribution in [0.25, 0.3) is 0 Å². The van der Waals surface area contributed by atoms with Gasteiger partial charge in [-0.2, -0.15) is 0 Å². The van der Waals surface area contributed by atoms with Gasteiger partial charge >= 0.3 is 11.9 Å². The zero-order chi connectivity index (χ0) is 26.6. The van der Waals surface area contributed by atoms with Gasteiger partial charge in [0.15, 0.2) is 0 Å². The molecule has 0 unspecified atom stereocenters. The van der Waals surface area contributed by atoms with Gasteiger partial charge in [0.2, 0.25) is 0 Å². The predicted octanol–water partition coefficient (Wildman–Crippen LogP) is 6.17. The highest BCUT2D eigenvalue weighted by molar-refractivity contribution is 5.85. The number of hydrogen-bond acceptors (Lipinski definition) is 5. The number of carboxylic acids is 1. The maximum Gasteiger partial charge on any atom is 0.310 e. The Balaban J connectivity index is 1.54. The molecule has 0 aromatic heterocycles. The number of carbonyl (C=O) groups is 2. The normalized spacial score (nSPS) is 26.6. The summed E-state index contributed by atoms with van der Waals surface area (Å²) in [5.41, 5.74) is 2.59. The van der Waals surface area contributed by atoms with E-state index in [2.05, 4.69) is 12.1 Å². The second-order valence-corrected chi connectivity index (χ2v) is 10.2.